The molecule has 4 rings (SSSR count). The minimum absolute atomic E-state index is 0.0638. The van der Waals surface area contributed by atoms with Crippen LogP contribution in [0.15, 0.2) is 65.7 Å². The van der Waals surface area contributed by atoms with E-state index in [1.165, 1.54) is 29.5 Å². The predicted octanol–water partition coefficient (Wildman–Crippen LogP) is 4.30. The lowest BCUT2D eigenvalue weighted by Crippen LogP contribution is -2.38. The van der Waals surface area contributed by atoms with Gasteiger partial charge in [0, 0.05) is 15.6 Å². The van der Waals surface area contributed by atoms with Crippen LogP contribution in [0.4, 0.5) is 10.5 Å². The van der Waals surface area contributed by atoms with Gasteiger partial charge in [-0.3, -0.25) is 9.59 Å². The summed E-state index contributed by atoms with van der Waals surface area (Å²) in [7, 11) is 0. The van der Waals surface area contributed by atoms with Crippen molar-refractivity contribution < 1.29 is 24.3 Å². The highest BCUT2D eigenvalue weighted by atomic mass is 35.5. The van der Waals surface area contributed by atoms with Gasteiger partial charge in [-0.05, 0) is 65.0 Å². The third-order valence-corrected chi connectivity index (χ3v) is 5.90. The first-order valence-electron chi connectivity index (χ1n) is 9.62. The van der Waals surface area contributed by atoms with Crippen LogP contribution in [0.25, 0.3) is 17.2 Å². The summed E-state index contributed by atoms with van der Waals surface area (Å²) in [5.41, 5.74) is 2.42. The summed E-state index contributed by atoms with van der Waals surface area (Å²) in [5.74, 6) is -2.13. The third kappa shape index (κ3) is 5.11. The van der Waals surface area contributed by atoms with E-state index in [0.29, 0.717) is 15.6 Å². The fraction of sp³-hybridized carbons (Fsp3) is 0.0435. The van der Waals surface area contributed by atoms with Crippen molar-refractivity contribution in [2.45, 2.75) is 0 Å². The second-order valence-electron chi connectivity index (χ2n) is 7.05. The minimum atomic E-state index is -1.00. The first-order chi connectivity index (χ1) is 15.8. The Kier molecular flexibility index (Phi) is 6.25. The fourth-order valence-electron chi connectivity index (χ4n) is 3.12. The number of rotatable bonds is 6. The van der Waals surface area contributed by atoms with Gasteiger partial charge in [-0.1, -0.05) is 23.7 Å². The number of anilines is 1. The Bertz CT molecular complexity index is 1280. The number of carboxylic acid groups (broad SMARTS) is 1. The Morgan fingerprint density at radius 3 is 2.42 bits per heavy atom. The lowest BCUT2D eigenvalue weighted by atomic mass is 10.1. The van der Waals surface area contributed by atoms with Gasteiger partial charge in [0.15, 0.2) is 0 Å². The minimum Gasteiger partial charge on any atom is -0.478 e. The summed E-state index contributed by atoms with van der Waals surface area (Å²) in [6, 6.07) is 14.0. The van der Waals surface area contributed by atoms with E-state index in [2.05, 4.69) is 10.6 Å². The van der Waals surface area contributed by atoms with Gasteiger partial charge in [-0.15, -0.1) is 11.3 Å². The van der Waals surface area contributed by atoms with E-state index in [1.807, 2.05) is 11.4 Å². The molecule has 2 aromatic carbocycles. The Morgan fingerprint density at radius 1 is 1.06 bits per heavy atom. The van der Waals surface area contributed by atoms with Crippen LogP contribution in [0.3, 0.4) is 0 Å². The van der Waals surface area contributed by atoms with Gasteiger partial charge >= 0.3 is 12.0 Å². The molecule has 1 aliphatic heterocycles. The molecule has 0 spiro atoms. The zero-order valence-electron chi connectivity index (χ0n) is 16.9. The molecule has 166 valence electrons. The number of benzene rings is 2. The highest BCUT2D eigenvalue weighted by Crippen LogP contribution is 2.28. The molecule has 8 nitrogen and oxygen atoms in total. The van der Waals surface area contributed by atoms with Crippen LogP contribution in [-0.4, -0.2) is 40.4 Å². The zero-order chi connectivity index (χ0) is 23.5. The summed E-state index contributed by atoms with van der Waals surface area (Å²) in [5, 5.41) is 16.5. The van der Waals surface area contributed by atoms with Gasteiger partial charge in [0.1, 0.15) is 12.2 Å². The summed E-state index contributed by atoms with van der Waals surface area (Å²) in [4.78, 5) is 49.7. The van der Waals surface area contributed by atoms with Gasteiger partial charge in [0.05, 0.1) is 5.56 Å². The Balaban J connectivity index is 1.43. The van der Waals surface area contributed by atoms with Crippen LogP contribution in [0, 0.1) is 0 Å². The zero-order valence-corrected chi connectivity index (χ0v) is 18.4. The van der Waals surface area contributed by atoms with E-state index in [0.717, 1.165) is 16.0 Å². The van der Waals surface area contributed by atoms with Gasteiger partial charge in [0.2, 0.25) is 5.91 Å². The molecule has 4 amide bonds. The standard InChI is InChI=1S/C23H16ClN3O5S/c24-16-5-7-17(8-6-16)25-20(28)11-27-21(29)19(26-23(27)32)10-18-9-15(12-33-18)13-1-3-14(4-2-13)22(30)31/h1-10,12H,11H2,(H,25,28)(H,26,32)(H,30,31)/b19-10-. The van der Waals surface area contributed by atoms with Crippen LogP contribution in [0.5, 0.6) is 0 Å². The molecule has 0 aliphatic carbocycles. The van der Waals surface area contributed by atoms with E-state index in [4.69, 9.17) is 16.7 Å². The number of carboxylic acids is 1. The normalized spacial score (nSPS) is 14.5. The summed E-state index contributed by atoms with van der Waals surface area (Å²) >= 11 is 7.17. The van der Waals surface area contributed by atoms with E-state index in [9.17, 15) is 19.2 Å². The molecule has 0 atom stereocenters. The lowest BCUT2D eigenvalue weighted by molar-refractivity contribution is -0.127. The smallest absolute Gasteiger partial charge is 0.335 e. The largest absolute Gasteiger partial charge is 0.478 e. The average Bonchev–Trinajstić information content (AvgIpc) is 3.36. The predicted molar refractivity (Wildman–Crippen MR) is 125 cm³/mol. The topological polar surface area (TPSA) is 116 Å². The van der Waals surface area contributed by atoms with Crippen molar-refractivity contribution in [3.05, 3.63) is 81.1 Å². The van der Waals surface area contributed by atoms with Crippen molar-refractivity contribution in [2.75, 3.05) is 11.9 Å². The maximum atomic E-state index is 12.7. The Morgan fingerprint density at radius 2 is 1.76 bits per heavy atom. The molecule has 0 unspecified atom stereocenters. The molecule has 10 heteroatoms. The Labute approximate surface area is 197 Å². The molecule has 1 aromatic heterocycles. The van der Waals surface area contributed by atoms with Crippen molar-refractivity contribution in [3.8, 4) is 11.1 Å². The molecule has 0 radical (unpaired) electrons. The molecule has 1 fully saturated rings. The molecule has 2 heterocycles. The van der Waals surface area contributed by atoms with Gasteiger partial charge < -0.3 is 15.7 Å². The first-order valence-corrected chi connectivity index (χ1v) is 10.9. The third-order valence-electron chi connectivity index (χ3n) is 4.76. The number of urea groups is 1. The number of hydrogen-bond acceptors (Lipinski definition) is 5. The molecule has 33 heavy (non-hydrogen) atoms. The van der Waals surface area contributed by atoms with Crippen molar-refractivity contribution in [1.82, 2.24) is 10.2 Å². The van der Waals surface area contributed by atoms with Crippen LogP contribution in [0.1, 0.15) is 15.2 Å². The number of carbonyl (C=O) groups excluding carboxylic acids is 3. The highest BCUT2D eigenvalue weighted by molar-refractivity contribution is 7.11. The van der Waals surface area contributed by atoms with Crippen molar-refractivity contribution in [1.29, 1.82) is 0 Å². The van der Waals surface area contributed by atoms with Gasteiger partial charge in [-0.2, -0.15) is 0 Å². The van der Waals surface area contributed by atoms with Crippen molar-refractivity contribution in [3.63, 3.8) is 0 Å². The second-order valence-corrected chi connectivity index (χ2v) is 8.43. The van der Waals surface area contributed by atoms with Crippen LogP contribution >= 0.6 is 22.9 Å². The average molecular weight is 482 g/mol. The first kappa shape index (κ1) is 22.3. The number of imide groups is 1. The molecule has 3 N–H and O–H groups in total. The molecule has 3 aromatic rings. The maximum Gasteiger partial charge on any atom is 0.335 e. The maximum absolute atomic E-state index is 12.7. The SMILES string of the molecule is O=C(CN1C(=O)N/C(=C\c2cc(-c3ccc(C(=O)O)cc3)cs2)C1=O)Nc1ccc(Cl)cc1. The Hall–Kier alpha value is -3.95. The molecule has 1 aliphatic rings. The van der Waals surface area contributed by atoms with Gasteiger partial charge in [-0.25, -0.2) is 14.5 Å². The fourth-order valence-corrected chi connectivity index (χ4v) is 4.09. The highest BCUT2D eigenvalue weighted by Gasteiger charge is 2.35. The molecule has 0 saturated carbocycles. The quantitative estimate of drug-likeness (QED) is 0.358. The molecular weight excluding hydrogens is 466 g/mol. The van der Waals surface area contributed by atoms with E-state index >= 15 is 0 Å². The number of carbonyl (C=O) groups is 4. The van der Waals surface area contributed by atoms with E-state index < -0.39 is 30.4 Å². The monoisotopic (exact) mass is 481 g/mol. The number of thiophene rings is 1. The van der Waals surface area contributed by atoms with Crippen LogP contribution in [-0.2, 0) is 9.59 Å². The summed E-state index contributed by atoms with van der Waals surface area (Å²) in [6.07, 6.45) is 1.54. The van der Waals surface area contributed by atoms with Crippen molar-refractivity contribution >= 4 is 58.5 Å². The second kappa shape index (κ2) is 9.27. The van der Waals surface area contributed by atoms with E-state index in [1.54, 1.807) is 36.4 Å². The van der Waals surface area contributed by atoms with Gasteiger partial charge in [0.25, 0.3) is 5.91 Å². The van der Waals surface area contributed by atoms with Crippen molar-refractivity contribution in [2.24, 2.45) is 0 Å². The summed E-state index contributed by atoms with van der Waals surface area (Å²) in [6.45, 7) is -0.434. The molecule has 1 saturated heterocycles. The van der Waals surface area contributed by atoms with Crippen LogP contribution < -0.4 is 10.6 Å². The summed E-state index contributed by atoms with van der Waals surface area (Å²) < 4.78 is 0. The number of halogens is 1. The number of hydrogen-bond donors (Lipinski definition) is 3. The number of amides is 4. The van der Waals surface area contributed by atoms with Crippen LogP contribution in [0.2, 0.25) is 5.02 Å². The van der Waals surface area contributed by atoms with E-state index in [-0.39, 0.29) is 11.3 Å². The lowest BCUT2D eigenvalue weighted by Gasteiger charge is -2.11. The number of aromatic carboxylic acids is 1. The number of nitrogens with zero attached hydrogens (tertiary/aromatic N) is 1. The molecule has 0 bridgehead atoms. The molecular formula is C23H16ClN3O5S. The number of nitrogens with one attached hydrogen (secondary N) is 2.